The first-order valence-corrected chi connectivity index (χ1v) is 10.9. The molecule has 12 atom stereocenters. The summed E-state index contributed by atoms with van der Waals surface area (Å²) in [4.78, 5) is 0. The van der Waals surface area contributed by atoms with Crippen LogP contribution >= 0.6 is 0 Å². The summed E-state index contributed by atoms with van der Waals surface area (Å²) in [6.45, 7) is 7.08. The van der Waals surface area contributed by atoms with Crippen LogP contribution in [-0.2, 0) is 14.2 Å². The molecule has 3 heterocycles. The van der Waals surface area contributed by atoms with Gasteiger partial charge in [0.05, 0.1) is 30.0 Å². The zero-order valence-corrected chi connectivity index (χ0v) is 18.0. The molecular formula is C21H36O9. The van der Waals surface area contributed by atoms with Gasteiger partial charge in [-0.2, -0.15) is 0 Å². The molecule has 3 saturated heterocycles. The highest BCUT2D eigenvalue weighted by Crippen LogP contribution is 2.60. The molecule has 30 heavy (non-hydrogen) atoms. The van der Waals surface area contributed by atoms with E-state index in [4.69, 9.17) is 14.2 Å². The van der Waals surface area contributed by atoms with Crippen molar-refractivity contribution in [3.05, 3.63) is 0 Å². The van der Waals surface area contributed by atoms with Crippen LogP contribution in [0.2, 0.25) is 0 Å². The Bertz CT molecular complexity index is 656. The molecule has 5 fully saturated rings. The Morgan fingerprint density at radius 2 is 1.67 bits per heavy atom. The van der Waals surface area contributed by atoms with E-state index in [0.717, 1.165) is 0 Å². The van der Waals surface area contributed by atoms with E-state index in [1.165, 1.54) is 0 Å². The van der Waals surface area contributed by atoms with Crippen LogP contribution in [0.15, 0.2) is 0 Å². The van der Waals surface area contributed by atoms with Crippen LogP contribution < -0.4 is 0 Å². The van der Waals surface area contributed by atoms with Crippen molar-refractivity contribution in [2.45, 2.75) is 107 Å². The molecule has 12 unspecified atom stereocenters. The van der Waals surface area contributed by atoms with E-state index in [1.807, 2.05) is 6.92 Å². The number of hydrogen-bond donors (Lipinski definition) is 6. The van der Waals surface area contributed by atoms with Crippen molar-refractivity contribution in [2.24, 2.45) is 17.8 Å². The Balaban J connectivity index is 1.62. The lowest BCUT2D eigenvalue weighted by molar-refractivity contribution is -0.327. The molecule has 9 heteroatoms. The van der Waals surface area contributed by atoms with Gasteiger partial charge in [-0.15, -0.1) is 0 Å². The van der Waals surface area contributed by atoms with Crippen LogP contribution in [0.25, 0.3) is 0 Å². The molecule has 2 saturated carbocycles. The molecule has 5 rings (SSSR count). The number of fused-ring (bicyclic) bond motifs is 2. The topological polar surface area (TPSA) is 149 Å². The Kier molecular flexibility index (Phi) is 5.57. The number of aliphatic hydroxyl groups excluding tert-OH is 5. The fourth-order valence-electron chi connectivity index (χ4n) is 6.60. The van der Waals surface area contributed by atoms with Crippen LogP contribution in [0.1, 0.15) is 47.0 Å². The smallest absolute Gasteiger partial charge is 0.186 e. The van der Waals surface area contributed by atoms with E-state index < -0.39 is 66.3 Å². The molecule has 0 amide bonds. The summed E-state index contributed by atoms with van der Waals surface area (Å²) in [5.74, 6) is 0.0117. The average molecular weight is 433 g/mol. The zero-order chi connectivity index (χ0) is 22.2. The summed E-state index contributed by atoms with van der Waals surface area (Å²) in [6.07, 6.45) is -6.77. The molecule has 5 aliphatic rings. The number of aliphatic hydroxyl groups is 6. The van der Waals surface area contributed by atoms with Crippen molar-refractivity contribution in [2.75, 3.05) is 6.61 Å². The maximum atomic E-state index is 11.4. The van der Waals surface area contributed by atoms with Crippen molar-refractivity contribution in [3.8, 4) is 0 Å². The first kappa shape index (κ1) is 22.8. The second kappa shape index (κ2) is 7.33. The van der Waals surface area contributed by atoms with Gasteiger partial charge in [0, 0.05) is 12.3 Å². The van der Waals surface area contributed by atoms with Crippen LogP contribution in [0.5, 0.6) is 0 Å². The summed E-state index contributed by atoms with van der Waals surface area (Å²) < 4.78 is 18.2. The fourth-order valence-corrected chi connectivity index (χ4v) is 6.60. The van der Waals surface area contributed by atoms with Gasteiger partial charge in [0.25, 0.3) is 0 Å². The first-order valence-electron chi connectivity index (χ1n) is 10.9. The maximum absolute atomic E-state index is 11.4. The minimum Gasteiger partial charge on any atom is -0.394 e. The molecule has 3 aliphatic heterocycles. The van der Waals surface area contributed by atoms with Gasteiger partial charge in [-0.3, -0.25) is 0 Å². The number of hydrogen-bond acceptors (Lipinski definition) is 9. The molecule has 2 bridgehead atoms. The summed E-state index contributed by atoms with van der Waals surface area (Å²) in [5.41, 5.74) is -3.09. The largest absolute Gasteiger partial charge is 0.394 e. The highest BCUT2D eigenvalue weighted by atomic mass is 16.7. The standard InChI is InChI=1S/C21H36O9/c1-9-5-11(28-18-17(26)16(25)15(24)12(8-22)29-18)14-10(9)6-21(27)13(23)7-20(14,4)30-19(21,2)3/h9-18,22-27H,5-8H2,1-4H3. The molecule has 6 N–H and O–H groups in total. The van der Waals surface area contributed by atoms with E-state index in [-0.39, 0.29) is 24.2 Å². The predicted molar refractivity (Wildman–Crippen MR) is 103 cm³/mol. The average Bonchev–Trinajstić information content (AvgIpc) is 2.87. The Morgan fingerprint density at radius 1 is 1.00 bits per heavy atom. The van der Waals surface area contributed by atoms with Gasteiger partial charge >= 0.3 is 0 Å². The molecular weight excluding hydrogens is 396 g/mol. The summed E-state index contributed by atoms with van der Waals surface area (Å²) in [5, 5.41) is 62.2. The lowest BCUT2D eigenvalue weighted by Gasteiger charge is -2.54. The van der Waals surface area contributed by atoms with Crippen molar-refractivity contribution in [3.63, 3.8) is 0 Å². The second-order valence-corrected chi connectivity index (χ2v) is 10.5. The molecule has 174 valence electrons. The van der Waals surface area contributed by atoms with Crippen LogP contribution in [0.3, 0.4) is 0 Å². The van der Waals surface area contributed by atoms with Gasteiger partial charge < -0.3 is 44.8 Å². The third-order valence-electron chi connectivity index (χ3n) is 8.29. The predicted octanol–water partition coefficient (Wildman–Crippen LogP) is -1.10. The van der Waals surface area contributed by atoms with Gasteiger partial charge in [-0.05, 0) is 45.4 Å². The zero-order valence-electron chi connectivity index (χ0n) is 18.0. The van der Waals surface area contributed by atoms with E-state index >= 15 is 0 Å². The van der Waals surface area contributed by atoms with Crippen molar-refractivity contribution in [1.82, 2.24) is 0 Å². The van der Waals surface area contributed by atoms with Crippen molar-refractivity contribution < 1.29 is 44.8 Å². The van der Waals surface area contributed by atoms with Crippen LogP contribution in [0, 0.1) is 17.8 Å². The third-order valence-corrected chi connectivity index (χ3v) is 8.29. The molecule has 0 radical (unpaired) electrons. The molecule has 2 aliphatic carbocycles. The third kappa shape index (κ3) is 3.17. The quantitative estimate of drug-likeness (QED) is 0.327. The van der Waals surface area contributed by atoms with E-state index in [1.54, 1.807) is 13.8 Å². The maximum Gasteiger partial charge on any atom is 0.186 e. The van der Waals surface area contributed by atoms with Crippen molar-refractivity contribution >= 4 is 0 Å². The Labute approximate surface area is 176 Å². The fraction of sp³-hybridized carbons (Fsp3) is 1.00. The van der Waals surface area contributed by atoms with Crippen LogP contribution in [0.4, 0.5) is 0 Å². The number of rotatable bonds is 3. The van der Waals surface area contributed by atoms with Gasteiger partial charge in [0.15, 0.2) is 6.29 Å². The summed E-state index contributed by atoms with van der Waals surface area (Å²) in [7, 11) is 0. The Morgan fingerprint density at radius 3 is 2.27 bits per heavy atom. The minimum absolute atomic E-state index is 0.0220. The second-order valence-electron chi connectivity index (χ2n) is 10.5. The van der Waals surface area contributed by atoms with Crippen LogP contribution in [-0.4, -0.2) is 97.0 Å². The van der Waals surface area contributed by atoms with E-state index in [0.29, 0.717) is 12.8 Å². The molecule has 0 spiro atoms. The van der Waals surface area contributed by atoms with E-state index in [9.17, 15) is 30.6 Å². The molecule has 9 nitrogen and oxygen atoms in total. The first-order chi connectivity index (χ1) is 13.8. The normalized spacial score (nSPS) is 57.8. The van der Waals surface area contributed by atoms with Gasteiger partial charge in [-0.1, -0.05) is 6.92 Å². The monoisotopic (exact) mass is 432 g/mol. The summed E-state index contributed by atoms with van der Waals surface area (Å²) >= 11 is 0. The lowest BCUT2D eigenvalue weighted by atomic mass is 9.72. The summed E-state index contributed by atoms with van der Waals surface area (Å²) in [6, 6.07) is 0. The highest BCUT2D eigenvalue weighted by molar-refractivity contribution is 5.17. The number of ether oxygens (including phenoxy) is 3. The molecule has 0 aromatic rings. The van der Waals surface area contributed by atoms with Gasteiger partial charge in [-0.25, -0.2) is 0 Å². The van der Waals surface area contributed by atoms with Gasteiger partial charge in [0.2, 0.25) is 0 Å². The highest BCUT2D eigenvalue weighted by Gasteiger charge is 2.68. The van der Waals surface area contributed by atoms with Gasteiger partial charge in [0.1, 0.15) is 30.0 Å². The van der Waals surface area contributed by atoms with E-state index in [2.05, 4.69) is 6.92 Å². The minimum atomic E-state index is -1.51. The molecule has 0 aromatic heterocycles. The Hall–Kier alpha value is -0.360. The SMILES string of the molecule is CC1CC(OC2OC(CO)C(O)C(O)C2O)C2C1CC1(O)C(O)CC2(C)OC1(C)C. The lowest BCUT2D eigenvalue weighted by Crippen LogP contribution is -2.67. The molecule has 0 aromatic carbocycles. The van der Waals surface area contributed by atoms with Crippen molar-refractivity contribution in [1.29, 1.82) is 0 Å².